The summed E-state index contributed by atoms with van der Waals surface area (Å²) in [6.45, 7) is 4.89. The Hall–Kier alpha value is -1.85. The van der Waals surface area contributed by atoms with Crippen molar-refractivity contribution in [2.24, 2.45) is 18.9 Å². The molecule has 0 saturated heterocycles. The second-order valence-electron chi connectivity index (χ2n) is 4.21. The number of rotatable bonds is 4. The van der Waals surface area contributed by atoms with E-state index in [0.717, 1.165) is 0 Å². The maximum absolute atomic E-state index is 11.8. The lowest BCUT2D eigenvalue weighted by molar-refractivity contribution is -0.145. The minimum atomic E-state index is -0.976. The normalized spacial score (nSPS) is 14.1. The van der Waals surface area contributed by atoms with Crippen molar-refractivity contribution < 1.29 is 14.7 Å². The monoisotopic (exact) mass is 239 g/mol. The molecular weight excluding hydrogens is 222 g/mol. The number of hydrogen-bond acceptors (Lipinski definition) is 3. The highest BCUT2D eigenvalue weighted by Crippen LogP contribution is 2.16. The van der Waals surface area contributed by atoms with E-state index >= 15 is 0 Å². The van der Waals surface area contributed by atoms with Crippen molar-refractivity contribution in [3.8, 4) is 0 Å². The number of aliphatic carboxylic acids is 1. The van der Waals surface area contributed by atoms with Gasteiger partial charge in [-0.05, 0) is 6.92 Å². The molecule has 6 nitrogen and oxygen atoms in total. The average Bonchev–Trinajstić information content (AvgIpc) is 2.55. The number of carboxylic acid groups (broad SMARTS) is 1. The Morgan fingerprint density at radius 2 is 2.00 bits per heavy atom. The molecule has 17 heavy (non-hydrogen) atoms. The molecule has 1 amide bonds. The van der Waals surface area contributed by atoms with E-state index in [-0.39, 0.29) is 5.91 Å². The summed E-state index contributed by atoms with van der Waals surface area (Å²) in [7, 11) is 1.76. The number of anilines is 1. The Balaban J connectivity index is 2.73. The van der Waals surface area contributed by atoms with E-state index in [9.17, 15) is 9.59 Å². The van der Waals surface area contributed by atoms with Crippen LogP contribution in [0.1, 0.15) is 19.5 Å². The van der Waals surface area contributed by atoms with E-state index in [1.54, 1.807) is 31.8 Å². The van der Waals surface area contributed by atoms with Crippen LogP contribution in [-0.4, -0.2) is 26.8 Å². The molecule has 0 spiro atoms. The standard InChI is InChI=1S/C11H17N3O3/c1-6(7(2)11(16)17)10(15)12-9-5-14(4)13-8(9)3/h5-7H,1-4H3,(H,12,15)(H,16,17). The molecule has 1 heterocycles. The summed E-state index contributed by atoms with van der Waals surface area (Å²) in [5.41, 5.74) is 1.32. The lowest BCUT2D eigenvalue weighted by atomic mass is 9.95. The zero-order valence-corrected chi connectivity index (χ0v) is 10.4. The Kier molecular flexibility index (Phi) is 3.88. The Morgan fingerprint density at radius 3 is 2.41 bits per heavy atom. The first kappa shape index (κ1) is 13.2. The minimum Gasteiger partial charge on any atom is -0.481 e. The SMILES string of the molecule is Cc1nn(C)cc1NC(=O)C(C)C(C)C(=O)O. The van der Waals surface area contributed by atoms with Gasteiger partial charge in [0.25, 0.3) is 0 Å². The first-order valence-electron chi connectivity index (χ1n) is 5.36. The fourth-order valence-corrected chi connectivity index (χ4v) is 1.41. The molecule has 0 saturated carbocycles. The van der Waals surface area contributed by atoms with E-state index in [4.69, 9.17) is 5.11 Å². The topological polar surface area (TPSA) is 84.2 Å². The second kappa shape index (κ2) is 4.99. The zero-order valence-electron chi connectivity index (χ0n) is 10.4. The predicted octanol–water partition coefficient (Wildman–Crippen LogP) is 1.02. The van der Waals surface area contributed by atoms with Crippen LogP contribution in [0.4, 0.5) is 5.69 Å². The molecule has 2 N–H and O–H groups in total. The van der Waals surface area contributed by atoms with Crippen LogP contribution in [0.2, 0.25) is 0 Å². The smallest absolute Gasteiger partial charge is 0.307 e. The maximum Gasteiger partial charge on any atom is 0.307 e. The van der Waals surface area contributed by atoms with Crippen LogP contribution < -0.4 is 5.32 Å². The van der Waals surface area contributed by atoms with Crippen molar-refractivity contribution in [3.05, 3.63) is 11.9 Å². The molecule has 0 aliphatic heterocycles. The van der Waals surface area contributed by atoms with Crippen LogP contribution in [0.25, 0.3) is 0 Å². The third-order valence-corrected chi connectivity index (χ3v) is 2.82. The van der Waals surface area contributed by atoms with Gasteiger partial charge in [-0.3, -0.25) is 14.3 Å². The van der Waals surface area contributed by atoms with Gasteiger partial charge < -0.3 is 10.4 Å². The summed E-state index contributed by atoms with van der Waals surface area (Å²) >= 11 is 0. The van der Waals surface area contributed by atoms with Gasteiger partial charge in [-0.2, -0.15) is 5.10 Å². The second-order valence-corrected chi connectivity index (χ2v) is 4.21. The van der Waals surface area contributed by atoms with Crippen LogP contribution >= 0.6 is 0 Å². The number of aryl methyl sites for hydroxylation is 2. The lowest BCUT2D eigenvalue weighted by Gasteiger charge is -2.15. The summed E-state index contributed by atoms with van der Waals surface area (Å²) in [5.74, 6) is -2.59. The zero-order chi connectivity index (χ0) is 13.2. The van der Waals surface area contributed by atoms with Crippen LogP contribution in [-0.2, 0) is 16.6 Å². The number of carbonyl (C=O) groups excluding carboxylic acids is 1. The van der Waals surface area contributed by atoms with Gasteiger partial charge in [-0.25, -0.2) is 0 Å². The molecule has 0 aliphatic carbocycles. The molecule has 1 aromatic heterocycles. The van der Waals surface area contributed by atoms with Gasteiger partial charge in [-0.1, -0.05) is 13.8 Å². The number of hydrogen-bond donors (Lipinski definition) is 2. The molecule has 94 valence electrons. The first-order chi connectivity index (χ1) is 7.82. The van der Waals surface area contributed by atoms with Crippen molar-refractivity contribution >= 4 is 17.6 Å². The largest absolute Gasteiger partial charge is 0.481 e. The summed E-state index contributed by atoms with van der Waals surface area (Å²) in [4.78, 5) is 22.6. The highest BCUT2D eigenvalue weighted by Gasteiger charge is 2.26. The minimum absolute atomic E-state index is 0.309. The molecule has 0 radical (unpaired) electrons. The highest BCUT2D eigenvalue weighted by atomic mass is 16.4. The highest BCUT2D eigenvalue weighted by molar-refractivity contribution is 5.95. The summed E-state index contributed by atoms with van der Waals surface area (Å²) in [6, 6.07) is 0. The lowest BCUT2D eigenvalue weighted by Crippen LogP contribution is -2.30. The molecule has 2 unspecified atom stereocenters. The Morgan fingerprint density at radius 1 is 1.41 bits per heavy atom. The van der Waals surface area contributed by atoms with Gasteiger partial charge in [0.15, 0.2) is 0 Å². The predicted molar refractivity (Wildman–Crippen MR) is 62.5 cm³/mol. The number of carboxylic acids is 1. The van der Waals surface area contributed by atoms with E-state index in [1.165, 1.54) is 6.92 Å². The van der Waals surface area contributed by atoms with E-state index in [1.807, 2.05) is 0 Å². The summed E-state index contributed by atoms with van der Waals surface area (Å²) in [6.07, 6.45) is 1.69. The number of aromatic nitrogens is 2. The average molecular weight is 239 g/mol. The summed E-state index contributed by atoms with van der Waals surface area (Å²) < 4.78 is 1.59. The summed E-state index contributed by atoms with van der Waals surface area (Å²) in [5, 5.41) is 15.6. The molecule has 1 rings (SSSR count). The van der Waals surface area contributed by atoms with Crippen LogP contribution in [0.5, 0.6) is 0 Å². The molecule has 0 fully saturated rings. The van der Waals surface area contributed by atoms with Crippen LogP contribution in [0.3, 0.4) is 0 Å². The Labute approximate surface area is 99.6 Å². The maximum atomic E-state index is 11.8. The van der Waals surface area contributed by atoms with E-state index in [0.29, 0.717) is 11.4 Å². The number of nitrogens with zero attached hydrogens (tertiary/aromatic N) is 2. The van der Waals surface area contributed by atoms with E-state index in [2.05, 4.69) is 10.4 Å². The van der Waals surface area contributed by atoms with E-state index < -0.39 is 17.8 Å². The van der Waals surface area contributed by atoms with Gasteiger partial charge in [0.2, 0.25) is 5.91 Å². The van der Waals surface area contributed by atoms with Crippen LogP contribution in [0.15, 0.2) is 6.20 Å². The molecule has 6 heteroatoms. The number of amides is 1. The fourth-order valence-electron chi connectivity index (χ4n) is 1.41. The molecular formula is C11H17N3O3. The number of carbonyl (C=O) groups is 2. The molecule has 0 aromatic carbocycles. The van der Waals surface area contributed by atoms with Crippen molar-refractivity contribution in [1.29, 1.82) is 0 Å². The van der Waals surface area contributed by atoms with Gasteiger partial charge in [0, 0.05) is 19.2 Å². The third-order valence-electron chi connectivity index (χ3n) is 2.82. The molecule has 2 atom stereocenters. The Bertz CT molecular complexity index is 439. The van der Waals surface area contributed by atoms with Gasteiger partial charge in [-0.15, -0.1) is 0 Å². The van der Waals surface area contributed by atoms with Gasteiger partial charge >= 0.3 is 5.97 Å². The van der Waals surface area contributed by atoms with Crippen LogP contribution in [0, 0.1) is 18.8 Å². The third kappa shape index (κ3) is 3.05. The first-order valence-corrected chi connectivity index (χ1v) is 5.36. The van der Waals surface area contributed by atoms with Gasteiger partial charge in [0.05, 0.1) is 17.3 Å². The quantitative estimate of drug-likeness (QED) is 0.821. The molecule has 0 bridgehead atoms. The van der Waals surface area contributed by atoms with Gasteiger partial charge in [0.1, 0.15) is 0 Å². The van der Waals surface area contributed by atoms with Crippen molar-refractivity contribution in [2.75, 3.05) is 5.32 Å². The van der Waals surface area contributed by atoms with Crippen molar-refractivity contribution in [1.82, 2.24) is 9.78 Å². The molecule has 0 aliphatic rings. The molecule has 1 aromatic rings. The van der Waals surface area contributed by atoms with Crippen molar-refractivity contribution in [3.63, 3.8) is 0 Å². The number of nitrogens with one attached hydrogen (secondary N) is 1. The van der Waals surface area contributed by atoms with Crippen molar-refractivity contribution in [2.45, 2.75) is 20.8 Å². The fraction of sp³-hybridized carbons (Fsp3) is 0.545.